The maximum Gasteiger partial charge on any atom is 0.0656 e. The van der Waals surface area contributed by atoms with Gasteiger partial charge >= 0.3 is 0 Å². The van der Waals surface area contributed by atoms with E-state index in [0.29, 0.717) is 11.3 Å². The van der Waals surface area contributed by atoms with Gasteiger partial charge in [-0.05, 0) is 124 Å². The molecule has 4 aliphatic carbocycles. The molecule has 0 aliphatic heterocycles. The molecule has 0 aromatic carbocycles. The topological polar surface area (TPSA) is 69.1 Å². The average molecular weight is 415 g/mol. The second-order valence-corrected chi connectivity index (χ2v) is 12.2. The van der Waals surface area contributed by atoms with Crippen molar-refractivity contribution in [1.29, 1.82) is 0 Å². The fraction of sp³-hybridized carbons (Fsp3) is 0.885. The Balaban J connectivity index is 1.34. The summed E-state index contributed by atoms with van der Waals surface area (Å²) in [4.78, 5) is 0. The summed E-state index contributed by atoms with van der Waals surface area (Å²) in [6.45, 7) is 7.19. The molecule has 1 aromatic rings. The van der Waals surface area contributed by atoms with E-state index in [1.807, 2.05) is 6.07 Å². The van der Waals surface area contributed by atoms with Crippen molar-refractivity contribution in [2.45, 2.75) is 103 Å². The fourth-order valence-corrected chi connectivity index (χ4v) is 9.24. The molecule has 1 heterocycles. The number of aliphatic hydroxyl groups excluding tert-OH is 1. The van der Waals surface area contributed by atoms with Crippen molar-refractivity contribution in [2.75, 3.05) is 0 Å². The zero-order chi connectivity index (χ0) is 21.1. The van der Waals surface area contributed by atoms with Crippen molar-refractivity contribution >= 4 is 0 Å². The predicted molar refractivity (Wildman–Crippen MR) is 119 cm³/mol. The third-order valence-corrected chi connectivity index (χ3v) is 10.8. The van der Waals surface area contributed by atoms with Gasteiger partial charge in [0.1, 0.15) is 0 Å². The van der Waals surface area contributed by atoms with E-state index in [4.69, 9.17) is 0 Å². The van der Waals surface area contributed by atoms with Crippen molar-refractivity contribution < 1.29 is 10.2 Å². The Morgan fingerprint density at radius 1 is 1.07 bits per heavy atom. The van der Waals surface area contributed by atoms with Gasteiger partial charge in [0.25, 0.3) is 0 Å². The van der Waals surface area contributed by atoms with Crippen LogP contribution in [0.15, 0.2) is 12.3 Å². The molecule has 4 fully saturated rings. The number of aromatic nitrogens is 2. The van der Waals surface area contributed by atoms with Crippen LogP contribution in [0, 0.1) is 40.4 Å². The quantitative estimate of drug-likeness (QED) is 0.641. The smallest absolute Gasteiger partial charge is 0.0656 e. The molecule has 0 amide bonds. The maximum absolute atomic E-state index is 11.6. The van der Waals surface area contributed by atoms with E-state index in [1.165, 1.54) is 44.9 Å². The summed E-state index contributed by atoms with van der Waals surface area (Å²) in [6.07, 6.45) is 14.4. The summed E-state index contributed by atoms with van der Waals surface area (Å²) in [7, 11) is 0. The van der Waals surface area contributed by atoms with E-state index < -0.39 is 5.60 Å². The third kappa shape index (κ3) is 3.20. The van der Waals surface area contributed by atoms with Gasteiger partial charge in [0.15, 0.2) is 0 Å². The first-order valence-corrected chi connectivity index (χ1v) is 12.6. The van der Waals surface area contributed by atoms with Gasteiger partial charge in [-0.15, -0.1) is 0 Å². The number of nitrogens with zero attached hydrogens (tertiary/aromatic N) is 1. The molecule has 4 nitrogen and oxygen atoms in total. The number of aryl methyl sites for hydroxylation is 1. The van der Waals surface area contributed by atoms with Crippen LogP contribution in [0.2, 0.25) is 0 Å². The highest BCUT2D eigenvalue weighted by Crippen LogP contribution is 2.68. The van der Waals surface area contributed by atoms with Gasteiger partial charge in [-0.2, -0.15) is 5.10 Å². The normalized spacial score (nSPS) is 47.8. The van der Waals surface area contributed by atoms with E-state index in [0.717, 1.165) is 55.0 Å². The number of aromatic amines is 1. The molecule has 0 bridgehead atoms. The molecule has 4 aliphatic rings. The number of aliphatic hydroxyl groups is 2. The summed E-state index contributed by atoms with van der Waals surface area (Å²) in [6, 6.07) is 2.03. The number of hydrogen-bond donors (Lipinski definition) is 3. The van der Waals surface area contributed by atoms with Crippen molar-refractivity contribution in [1.82, 2.24) is 10.2 Å². The molecular weight excluding hydrogens is 372 g/mol. The number of rotatable bonds is 4. The molecule has 30 heavy (non-hydrogen) atoms. The highest BCUT2D eigenvalue weighted by atomic mass is 16.3. The van der Waals surface area contributed by atoms with Gasteiger partial charge in [-0.25, -0.2) is 0 Å². The summed E-state index contributed by atoms with van der Waals surface area (Å²) < 4.78 is 0. The van der Waals surface area contributed by atoms with Crippen molar-refractivity contribution in [3.63, 3.8) is 0 Å². The Morgan fingerprint density at radius 3 is 2.60 bits per heavy atom. The summed E-state index contributed by atoms with van der Waals surface area (Å²) in [5.74, 6) is 3.55. The van der Waals surface area contributed by atoms with E-state index in [9.17, 15) is 10.2 Å². The fourth-order valence-electron chi connectivity index (χ4n) is 9.24. The zero-order valence-electron chi connectivity index (χ0n) is 19.2. The van der Waals surface area contributed by atoms with Gasteiger partial charge in [-0.3, -0.25) is 5.10 Å². The lowest BCUT2D eigenvalue weighted by atomic mass is 9.44. The second-order valence-electron chi connectivity index (χ2n) is 12.2. The van der Waals surface area contributed by atoms with E-state index in [1.54, 1.807) is 6.20 Å². The highest BCUT2D eigenvalue weighted by Gasteiger charge is 2.62. The highest BCUT2D eigenvalue weighted by molar-refractivity contribution is 5.12. The standard InChI is InChI=1S/C26H42N2O2/c1-24-12-9-19(29)16-17(24)4-5-20-21-6-7-23(25(21,2)13-10-22(20)24)26(3,30)14-8-18-11-15-27-28-18/h11,15,17,19-23,29-30H,4-10,12-14,16H2,1-3H3,(H,27,28)/t17?,19-,20-,21-,22-,23-,24-,25-,26+/m0/s1. The lowest BCUT2D eigenvalue weighted by Crippen LogP contribution is -2.55. The van der Waals surface area contributed by atoms with Crippen LogP contribution in [0.1, 0.15) is 90.7 Å². The van der Waals surface area contributed by atoms with Crippen molar-refractivity contribution in [2.24, 2.45) is 40.4 Å². The van der Waals surface area contributed by atoms with Crippen LogP contribution >= 0.6 is 0 Å². The molecule has 0 saturated heterocycles. The molecular formula is C26H42N2O2. The van der Waals surface area contributed by atoms with Crippen LogP contribution in [0.4, 0.5) is 0 Å². The molecule has 5 rings (SSSR count). The van der Waals surface area contributed by atoms with Gasteiger partial charge in [0.2, 0.25) is 0 Å². The Hall–Kier alpha value is -0.870. The second kappa shape index (κ2) is 7.33. The van der Waals surface area contributed by atoms with Crippen LogP contribution in [0.3, 0.4) is 0 Å². The minimum Gasteiger partial charge on any atom is -0.393 e. The molecule has 0 spiro atoms. The van der Waals surface area contributed by atoms with E-state index in [-0.39, 0.29) is 11.5 Å². The molecule has 0 radical (unpaired) electrons. The zero-order valence-corrected chi connectivity index (χ0v) is 19.2. The number of H-pyrrole nitrogens is 1. The third-order valence-electron chi connectivity index (χ3n) is 10.8. The summed E-state index contributed by atoms with van der Waals surface area (Å²) >= 11 is 0. The van der Waals surface area contributed by atoms with Crippen molar-refractivity contribution in [3.05, 3.63) is 18.0 Å². The van der Waals surface area contributed by atoms with Crippen molar-refractivity contribution in [3.8, 4) is 0 Å². The number of fused-ring (bicyclic) bond motifs is 5. The molecule has 168 valence electrons. The van der Waals surface area contributed by atoms with Crippen LogP contribution in [0.25, 0.3) is 0 Å². The Labute approximate surface area is 182 Å². The number of nitrogens with one attached hydrogen (secondary N) is 1. The van der Waals surface area contributed by atoms with Gasteiger partial charge in [0, 0.05) is 11.9 Å². The summed E-state index contributed by atoms with van der Waals surface area (Å²) in [5, 5.41) is 29.0. The van der Waals surface area contributed by atoms with Crippen LogP contribution in [-0.4, -0.2) is 32.1 Å². The van der Waals surface area contributed by atoms with Gasteiger partial charge in [0.05, 0.1) is 11.7 Å². The first-order chi connectivity index (χ1) is 14.2. The van der Waals surface area contributed by atoms with Gasteiger partial charge < -0.3 is 10.2 Å². The lowest BCUT2D eigenvalue weighted by molar-refractivity contribution is -0.144. The van der Waals surface area contributed by atoms with Crippen LogP contribution in [0.5, 0.6) is 0 Å². The molecule has 1 unspecified atom stereocenters. The Morgan fingerprint density at radius 2 is 1.83 bits per heavy atom. The number of hydrogen-bond acceptors (Lipinski definition) is 3. The van der Waals surface area contributed by atoms with E-state index in [2.05, 4.69) is 31.0 Å². The molecule has 4 saturated carbocycles. The predicted octanol–water partition coefficient (Wildman–Crippen LogP) is 5.11. The van der Waals surface area contributed by atoms with Gasteiger partial charge in [-0.1, -0.05) is 13.8 Å². The minimum atomic E-state index is -0.614. The molecule has 9 atom stereocenters. The summed E-state index contributed by atoms with van der Waals surface area (Å²) in [5.41, 5.74) is 1.22. The molecule has 3 N–H and O–H groups in total. The first kappa shape index (κ1) is 21.0. The SMILES string of the molecule is C[C@]12CC[C@H]3[C@@H](CCC4C[C@@H](O)CC[C@@]43C)[C@@H]1CC[C@@H]2[C@](C)(O)CCc1ccn[nH]1. The first-order valence-electron chi connectivity index (χ1n) is 12.6. The van der Waals surface area contributed by atoms with Crippen LogP contribution < -0.4 is 0 Å². The minimum absolute atomic E-state index is 0.0608. The Bertz CT molecular complexity index is 746. The van der Waals surface area contributed by atoms with E-state index >= 15 is 0 Å². The largest absolute Gasteiger partial charge is 0.393 e. The maximum atomic E-state index is 11.6. The molecule has 1 aromatic heterocycles. The average Bonchev–Trinajstić information content (AvgIpc) is 3.34. The Kier molecular flexibility index (Phi) is 5.13. The molecule has 4 heteroatoms. The van der Waals surface area contributed by atoms with Crippen LogP contribution in [-0.2, 0) is 6.42 Å². The monoisotopic (exact) mass is 414 g/mol. The lowest BCUT2D eigenvalue weighted by Gasteiger charge is -2.61.